The summed E-state index contributed by atoms with van der Waals surface area (Å²) in [5.41, 5.74) is 1.97. The molecule has 0 amide bonds. The van der Waals surface area contributed by atoms with Gasteiger partial charge in [0.15, 0.2) is 0 Å². The van der Waals surface area contributed by atoms with Crippen LogP contribution in [0.4, 0.5) is 0 Å². The molecule has 1 aromatic rings. The zero-order chi connectivity index (χ0) is 10.2. The van der Waals surface area contributed by atoms with E-state index in [1.807, 2.05) is 43.3 Å². The van der Waals surface area contributed by atoms with Crippen LogP contribution in [0, 0.1) is 11.8 Å². The summed E-state index contributed by atoms with van der Waals surface area (Å²) in [5, 5.41) is 0. The second kappa shape index (κ2) is 8.07. The van der Waals surface area contributed by atoms with Gasteiger partial charge < -0.3 is 4.84 Å². The van der Waals surface area contributed by atoms with E-state index in [-0.39, 0.29) is 12.4 Å². The normalized spacial score (nSPS) is 9.87. The number of rotatable bonds is 2. The van der Waals surface area contributed by atoms with E-state index in [1.165, 1.54) is 0 Å². The average molecular weight is 224 g/mol. The van der Waals surface area contributed by atoms with E-state index in [4.69, 9.17) is 5.90 Å². The van der Waals surface area contributed by atoms with Crippen molar-refractivity contribution in [1.82, 2.24) is 0 Å². The molecule has 0 aromatic heterocycles. The molecule has 0 radical (unpaired) electrons. The molecule has 0 bridgehead atoms. The summed E-state index contributed by atoms with van der Waals surface area (Å²) in [6.07, 6.45) is 1.84. The minimum atomic E-state index is 0. The van der Waals surface area contributed by atoms with Gasteiger partial charge in [-0.15, -0.1) is 12.4 Å². The van der Waals surface area contributed by atoms with Crippen molar-refractivity contribution in [2.75, 3.05) is 6.61 Å². The topological polar surface area (TPSA) is 35.2 Å². The first-order valence-corrected chi connectivity index (χ1v) is 4.38. The third kappa shape index (κ3) is 5.92. The molecule has 0 atom stereocenters. The Labute approximate surface area is 96.5 Å². The Balaban J connectivity index is 0.00000196. The molecule has 0 heterocycles. The predicted octanol–water partition coefficient (Wildman–Crippen LogP) is 2.30. The van der Waals surface area contributed by atoms with E-state index in [1.54, 1.807) is 0 Å². The number of halogens is 1. The van der Waals surface area contributed by atoms with E-state index < -0.39 is 0 Å². The standard InChI is InChI=1S/C12H13NO.ClH/c1-11(9-10-14-13)7-8-12-5-3-2-4-6-12;/h2-6,9H,10,13H2,1H3;1H. The molecule has 1 rings (SSSR count). The molecule has 0 saturated heterocycles. The lowest BCUT2D eigenvalue weighted by molar-refractivity contribution is 0.167. The molecular weight excluding hydrogens is 210 g/mol. The third-order valence-electron chi connectivity index (χ3n) is 1.66. The van der Waals surface area contributed by atoms with Gasteiger partial charge in [0.1, 0.15) is 0 Å². The first kappa shape index (κ1) is 13.7. The molecule has 0 saturated carbocycles. The van der Waals surface area contributed by atoms with Gasteiger partial charge >= 0.3 is 0 Å². The van der Waals surface area contributed by atoms with E-state index in [2.05, 4.69) is 16.7 Å². The fourth-order valence-electron chi connectivity index (χ4n) is 0.916. The quantitative estimate of drug-likeness (QED) is 0.617. The molecule has 2 nitrogen and oxygen atoms in total. The zero-order valence-electron chi connectivity index (χ0n) is 8.57. The maximum atomic E-state index is 4.89. The molecule has 0 fully saturated rings. The molecule has 3 heteroatoms. The van der Waals surface area contributed by atoms with Crippen molar-refractivity contribution in [2.45, 2.75) is 6.92 Å². The van der Waals surface area contributed by atoms with Crippen molar-refractivity contribution >= 4 is 12.4 Å². The van der Waals surface area contributed by atoms with Crippen LogP contribution in [0.3, 0.4) is 0 Å². The maximum absolute atomic E-state index is 4.89. The molecule has 0 aliphatic heterocycles. The SMILES string of the molecule is CC(C#Cc1ccccc1)=CCON.Cl. The Kier molecular flexibility index (Phi) is 7.39. The fraction of sp³-hybridized carbons (Fsp3) is 0.167. The Bertz CT molecular complexity index is 362. The van der Waals surface area contributed by atoms with Crippen molar-refractivity contribution in [3.63, 3.8) is 0 Å². The van der Waals surface area contributed by atoms with Crippen LogP contribution >= 0.6 is 12.4 Å². The van der Waals surface area contributed by atoms with Gasteiger partial charge in [-0.3, -0.25) is 0 Å². The summed E-state index contributed by atoms with van der Waals surface area (Å²) >= 11 is 0. The number of nitrogens with two attached hydrogens (primary N) is 1. The van der Waals surface area contributed by atoms with Crippen molar-refractivity contribution in [3.05, 3.63) is 47.5 Å². The lowest BCUT2D eigenvalue weighted by atomic mass is 10.2. The highest BCUT2D eigenvalue weighted by Crippen LogP contribution is 1.96. The maximum Gasteiger partial charge on any atom is 0.0872 e. The second-order valence-electron chi connectivity index (χ2n) is 2.84. The van der Waals surface area contributed by atoms with Crippen LogP contribution in [0.25, 0.3) is 0 Å². The lowest BCUT2D eigenvalue weighted by Gasteiger charge is -1.89. The zero-order valence-corrected chi connectivity index (χ0v) is 9.38. The molecule has 0 unspecified atom stereocenters. The van der Waals surface area contributed by atoms with Crippen LogP contribution in [0.2, 0.25) is 0 Å². The van der Waals surface area contributed by atoms with Crippen molar-refractivity contribution < 1.29 is 4.84 Å². The van der Waals surface area contributed by atoms with E-state index >= 15 is 0 Å². The fourth-order valence-corrected chi connectivity index (χ4v) is 0.916. The van der Waals surface area contributed by atoms with Gasteiger partial charge in [0.25, 0.3) is 0 Å². The Morgan fingerprint density at radius 3 is 2.67 bits per heavy atom. The highest BCUT2D eigenvalue weighted by Gasteiger charge is 1.83. The predicted molar refractivity (Wildman–Crippen MR) is 64.5 cm³/mol. The van der Waals surface area contributed by atoms with Gasteiger partial charge in [-0.25, -0.2) is 5.90 Å². The summed E-state index contributed by atoms with van der Waals surface area (Å²) < 4.78 is 0. The Morgan fingerprint density at radius 2 is 2.07 bits per heavy atom. The van der Waals surface area contributed by atoms with E-state index in [0.29, 0.717) is 6.61 Å². The van der Waals surface area contributed by atoms with Crippen LogP contribution < -0.4 is 5.90 Å². The summed E-state index contributed by atoms with van der Waals surface area (Å²) in [6.45, 7) is 2.32. The van der Waals surface area contributed by atoms with Crippen molar-refractivity contribution in [2.24, 2.45) is 5.90 Å². The van der Waals surface area contributed by atoms with Gasteiger partial charge in [0, 0.05) is 5.56 Å². The largest absolute Gasteiger partial charge is 0.300 e. The third-order valence-corrected chi connectivity index (χ3v) is 1.66. The number of hydrogen-bond acceptors (Lipinski definition) is 2. The number of allylic oxidation sites excluding steroid dienone is 1. The molecule has 80 valence electrons. The first-order valence-electron chi connectivity index (χ1n) is 4.38. The summed E-state index contributed by atoms with van der Waals surface area (Å²) in [7, 11) is 0. The highest BCUT2D eigenvalue weighted by atomic mass is 35.5. The summed E-state index contributed by atoms with van der Waals surface area (Å²) in [6, 6.07) is 9.84. The first-order chi connectivity index (χ1) is 6.83. The van der Waals surface area contributed by atoms with Gasteiger partial charge in [-0.2, -0.15) is 0 Å². The molecular formula is C12H14ClNO. The smallest absolute Gasteiger partial charge is 0.0872 e. The Morgan fingerprint density at radius 1 is 1.40 bits per heavy atom. The molecule has 2 N–H and O–H groups in total. The monoisotopic (exact) mass is 223 g/mol. The van der Waals surface area contributed by atoms with E-state index in [9.17, 15) is 0 Å². The van der Waals surface area contributed by atoms with Gasteiger partial charge in [-0.1, -0.05) is 30.0 Å². The van der Waals surface area contributed by atoms with Gasteiger partial charge in [0.05, 0.1) is 6.61 Å². The average Bonchev–Trinajstić information content (AvgIpc) is 2.25. The molecule has 0 spiro atoms. The van der Waals surface area contributed by atoms with Gasteiger partial charge in [-0.05, 0) is 30.7 Å². The second-order valence-corrected chi connectivity index (χ2v) is 2.84. The minimum absolute atomic E-state index is 0. The Hall–Kier alpha value is -1.27. The van der Waals surface area contributed by atoms with Crippen LogP contribution in [0.1, 0.15) is 12.5 Å². The molecule has 0 aliphatic carbocycles. The number of hydrogen-bond donors (Lipinski definition) is 1. The van der Waals surface area contributed by atoms with Gasteiger partial charge in [0.2, 0.25) is 0 Å². The van der Waals surface area contributed by atoms with Crippen LogP contribution in [-0.4, -0.2) is 6.61 Å². The summed E-state index contributed by atoms with van der Waals surface area (Å²) in [5.74, 6) is 10.9. The highest BCUT2D eigenvalue weighted by molar-refractivity contribution is 5.85. The van der Waals surface area contributed by atoms with Crippen molar-refractivity contribution in [1.29, 1.82) is 0 Å². The molecule has 1 aromatic carbocycles. The van der Waals surface area contributed by atoms with Crippen LogP contribution in [0.5, 0.6) is 0 Å². The van der Waals surface area contributed by atoms with Crippen LogP contribution in [0.15, 0.2) is 42.0 Å². The molecule has 0 aliphatic rings. The van der Waals surface area contributed by atoms with Crippen molar-refractivity contribution in [3.8, 4) is 11.8 Å². The lowest BCUT2D eigenvalue weighted by Crippen LogP contribution is -1.97. The minimum Gasteiger partial charge on any atom is -0.300 e. The number of benzene rings is 1. The van der Waals surface area contributed by atoms with E-state index in [0.717, 1.165) is 11.1 Å². The van der Waals surface area contributed by atoms with Crippen LogP contribution in [-0.2, 0) is 4.84 Å². The molecule has 15 heavy (non-hydrogen) atoms. The summed E-state index contributed by atoms with van der Waals surface area (Å²) in [4.78, 5) is 4.42.